The molecule has 1 aromatic heterocycles. The minimum Gasteiger partial charge on any atom is -0.422 e. The van der Waals surface area contributed by atoms with E-state index in [4.69, 9.17) is 4.42 Å². The monoisotopic (exact) mass is 365 g/mol. The molecule has 0 radical (unpaired) electrons. The molecule has 130 valence electrons. The molecule has 0 bridgehead atoms. The van der Waals surface area contributed by atoms with Gasteiger partial charge in [0.25, 0.3) is 15.1 Å². The fraction of sp³-hybridized carbons (Fsp3) is 0.158. The summed E-state index contributed by atoms with van der Waals surface area (Å²) < 4.78 is 33.0. The van der Waals surface area contributed by atoms with Crippen LogP contribution in [0.1, 0.15) is 16.8 Å². The summed E-state index contributed by atoms with van der Waals surface area (Å²) >= 11 is 0. The Kier molecular flexibility index (Phi) is 4.07. The third kappa shape index (κ3) is 2.79. The molecule has 7 heteroatoms. The minimum absolute atomic E-state index is 0.123. The van der Waals surface area contributed by atoms with E-state index in [1.807, 2.05) is 36.4 Å². The largest absolute Gasteiger partial charge is 0.422 e. The maximum absolute atomic E-state index is 13.1. The Balaban J connectivity index is 1.73. The molecular weight excluding hydrogens is 350 g/mol. The van der Waals surface area contributed by atoms with Crippen molar-refractivity contribution >= 4 is 10.0 Å². The van der Waals surface area contributed by atoms with Gasteiger partial charge in [-0.3, -0.25) is 0 Å². The van der Waals surface area contributed by atoms with E-state index in [1.165, 1.54) is 4.31 Å². The van der Waals surface area contributed by atoms with Gasteiger partial charge in [-0.15, -0.1) is 0 Å². The van der Waals surface area contributed by atoms with Crippen molar-refractivity contribution in [1.29, 1.82) is 5.26 Å². The van der Waals surface area contributed by atoms with Crippen LogP contribution >= 0.6 is 0 Å². The van der Waals surface area contributed by atoms with Gasteiger partial charge in [-0.1, -0.05) is 42.5 Å². The highest BCUT2D eigenvalue weighted by Gasteiger charge is 2.34. The molecule has 0 N–H and O–H groups in total. The number of oxazole rings is 1. The molecule has 2 aromatic carbocycles. The Morgan fingerprint density at radius 1 is 1.04 bits per heavy atom. The number of hydrogen-bond donors (Lipinski definition) is 0. The molecule has 0 unspecified atom stereocenters. The average Bonchev–Trinajstić information content (AvgIpc) is 3.14. The number of benzene rings is 2. The number of nitrogens with zero attached hydrogens (tertiary/aromatic N) is 3. The molecule has 0 fully saturated rings. The van der Waals surface area contributed by atoms with Crippen molar-refractivity contribution in [2.45, 2.75) is 18.1 Å². The van der Waals surface area contributed by atoms with E-state index in [2.05, 4.69) is 4.98 Å². The lowest BCUT2D eigenvalue weighted by molar-refractivity contribution is 0.366. The van der Waals surface area contributed by atoms with Crippen molar-refractivity contribution in [2.24, 2.45) is 0 Å². The fourth-order valence-corrected chi connectivity index (χ4v) is 4.44. The molecule has 0 spiro atoms. The predicted octanol–water partition coefficient (Wildman–Crippen LogP) is 2.96. The summed E-state index contributed by atoms with van der Waals surface area (Å²) in [5.41, 5.74) is 2.50. The number of rotatable bonds is 3. The van der Waals surface area contributed by atoms with Crippen molar-refractivity contribution in [3.8, 4) is 17.5 Å². The summed E-state index contributed by atoms with van der Waals surface area (Å²) in [6.07, 6.45) is 0.622. The van der Waals surface area contributed by atoms with Gasteiger partial charge in [-0.05, 0) is 29.7 Å². The maximum atomic E-state index is 13.1. The molecule has 0 atom stereocenters. The second kappa shape index (κ2) is 6.41. The molecule has 0 amide bonds. The van der Waals surface area contributed by atoms with Gasteiger partial charge in [0.15, 0.2) is 5.69 Å². The highest BCUT2D eigenvalue weighted by molar-refractivity contribution is 7.89. The third-order valence-electron chi connectivity index (χ3n) is 4.39. The van der Waals surface area contributed by atoms with Crippen LogP contribution in [0.15, 0.2) is 64.1 Å². The maximum Gasteiger partial charge on any atom is 0.279 e. The third-order valence-corrected chi connectivity index (χ3v) is 6.13. The van der Waals surface area contributed by atoms with E-state index < -0.39 is 15.1 Å². The zero-order valence-electron chi connectivity index (χ0n) is 13.8. The van der Waals surface area contributed by atoms with Crippen LogP contribution in [0.5, 0.6) is 0 Å². The van der Waals surface area contributed by atoms with Gasteiger partial charge in [-0.2, -0.15) is 14.6 Å². The van der Waals surface area contributed by atoms with Crippen molar-refractivity contribution in [2.75, 3.05) is 6.54 Å². The van der Waals surface area contributed by atoms with Gasteiger partial charge < -0.3 is 4.42 Å². The lowest BCUT2D eigenvalue weighted by Gasteiger charge is -2.27. The number of aromatic nitrogens is 1. The molecule has 0 saturated heterocycles. The summed E-state index contributed by atoms with van der Waals surface area (Å²) in [5, 5.41) is 8.95. The Hall–Kier alpha value is -2.95. The lowest BCUT2D eigenvalue weighted by Crippen LogP contribution is -2.36. The molecule has 0 saturated carbocycles. The Morgan fingerprint density at radius 3 is 2.46 bits per heavy atom. The van der Waals surface area contributed by atoms with E-state index in [0.29, 0.717) is 18.5 Å². The normalized spacial score (nSPS) is 14.6. The first-order chi connectivity index (χ1) is 12.6. The van der Waals surface area contributed by atoms with Crippen molar-refractivity contribution in [3.63, 3.8) is 0 Å². The first kappa shape index (κ1) is 16.5. The lowest BCUT2D eigenvalue weighted by atomic mass is 10.0. The molecule has 4 rings (SSSR count). The van der Waals surface area contributed by atoms with E-state index >= 15 is 0 Å². The molecule has 26 heavy (non-hydrogen) atoms. The van der Waals surface area contributed by atoms with Crippen LogP contribution in [0.2, 0.25) is 0 Å². The summed E-state index contributed by atoms with van der Waals surface area (Å²) in [6.45, 7) is 0.594. The standard InChI is InChI=1S/C19H15N3O3S/c20-12-17-19(25-18(21-17)15-7-2-1-3-8-15)26(23,24)22-11-10-14-6-4-5-9-16(14)13-22/h1-9H,10-11,13H2. The minimum atomic E-state index is -3.95. The smallest absolute Gasteiger partial charge is 0.279 e. The van der Waals surface area contributed by atoms with Crippen LogP contribution in [0.25, 0.3) is 11.5 Å². The van der Waals surface area contributed by atoms with Crippen LogP contribution in [-0.4, -0.2) is 24.3 Å². The average molecular weight is 365 g/mol. The van der Waals surface area contributed by atoms with Crippen molar-refractivity contribution in [3.05, 3.63) is 71.4 Å². The zero-order valence-corrected chi connectivity index (χ0v) is 14.6. The van der Waals surface area contributed by atoms with Gasteiger partial charge in [0.2, 0.25) is 5.89 Å². The van der Waals surface area contributed by atoms with Crippen LogP contribution in [0.3, 0.4) is 0 Å². The Morgan fingerprint density at radius 2 is 1.73 bits per heavy atom. The van der Waals surface area contributed by atoms with Crippen LogP contribution in [-0.2, 0) is 23.0 Å². The van der Waals surface area contributed by atoms with Crippen LogP contribution in [0, 0.1) is 11.3 Å². The predicted molar refractivity (Wildman–Crippen MR) is 94.4 cm³/mol. The van der Waals surface area contributed by atoms with E-state index in [0.717, 1.165) is 11.1 Å². The van der Waals surface area contributed by atoms with Crippen LogP contribution < -0.4 is 0 Å². The van der Waals surface area contributed by atoms with Gasteiger partial charge in [0, 0.05) is 18.7 Å². The molecule has 1 aliphatic rings. The Labute approximate surface area is 151 Å². The highest BCUT2D eigenvalue weighted by atomic mass is 32.2. The SMILES string of the molecule is N#Cc1nc(-c2ccccc2)oc1S(=O)(=O)N1CCc2ccccc2C1. The second-order valence-corrected chi connectivity index (χ2v) is 7.83. The molecule has 6 nitrogen and oxygen atoms in total. The van der Waals surface area contributed by atoms with Gasteiger partial charge >= 0.3 is 0 Å². The highest BCUT2D eigenvalue weighted by Crippen LogP contribution is 2.30. The quantitative estimate of drug-likeness (QED) is 0.712. The van der Waals surface area contributed by atoms with Gasteiger partial charge in [0.05, 0.1) is 0 Å². The number of nitriles is 1. The molecule has 3 aromatic rings. The van der Waals surface area contributed by atoms with Crippen LogP contribution in [0.4, 0.5) is 0 Å². The van der Waals surface area contributed by atoms with Crippen molar-refractivity contribution in [1.82, 2.24) is 9.29 Å². The zero-order chi connectivity index (χ0) is 18.1. The topological polar surface area (TPSA) is 87.2 Å². The summed E-state index contributed by atoms with van der Waals surface area (Å²) in [4.78, 5) is 4.07. The first-order valence-electron chi connectivity index (χ1n) is 8.13. The van der Waals surface area contributed by atoms with E-state index in [9.17, 15) is 13.7 Å². The van der Waals surface area contributed by atoms with Gasteiger partial charge in [-0.25, -0.2) is 8.42 Å². The number of hydrogen-bond acceptors (Lipinski definition) is 5. The molecular formula is C19H15N3O3S. The first-order valence-corrected chi connectivity index (χ1v) is 9.57. The van der Waals surface area contributed by atoms with Gasteiger partial charge in [0.1, 0.15) is 6.07 Å². The van der Waals surface area contributed by atoms with Crippen molar-refractivity contribution < 1.29 is 12.8 Å². The molecule has 2 heterocycles. The van der Waals surface area contributed by atoms with E-state index in [-0.39, 0.29) is 18.1 Å². The molecule has 0 aliphatic carbocycles. The summed E-state index contributed by atoms with van der Waals surface area (Å²) in [7, 11) is -3.95. The molecule has 1 aliphatic heterocycles. The second-order valence-electron chi connectivity index (χ2n) is 5.99. The number of sulfonamides is 1. The number of fused-ring (bicyclic) bond motifs is 1. The van der Waals surface area contributed by atoms with E-state index in [1.54, 1.807) is 24.3 Å². The Bertz CT molecular complexity index is 1100. The summed E-state index contributed by atoms with van der Waals surface area (Å²) in [5.74, 6) is 0.123. The fourth-order valence-electron chi connectivity index (χ4n) is 3.05. The summed E-state index contributed by atoms with van der Waals surface area (Å²) in [6, 6.07) is 18.5.